The van der Waals surface area contributed by atoms with Gasteiger partial charge in [0.05, 0.1) is 0 Å². The lowest BCUT2D eigenvalue weighted by atomic mass is 9.91. The van der Waals surface area contributed by atoms with Crippen molar-refractivity contribution < 1.29 is 0 Å². The summed E-state index contributed by atoms with van der Waals surface area (Å²) in [5.41, 5.74) is 6.23. The summed E-state index contributed by atoms with van der Waals surface area (Å²) in [4.78, 5) is 2.71. The molecule has 1 heterocycles. The van der Waals surface area contributed by atoms with Crippen molar-refractivity contribution in [3.63, 3.8) is 0 Å². The second kappa shape index (κ2) is 6.02. The largest absolute Gasteiger partial charge is 0.327 e. The second-order valence-corrected chi connectivity index (χ2v) is 5.80. The first kappa shape index (κ1) is 12.4. The van der Waals surface area contributed by atoms with Gasteiger partial charge in [-0.15, -0.1) is 0 Å². The van der Waals surface area contributed by atoms with Crippen LogP contribution in [0.3, 0.4) is 0 Å². The van der Waals surface area contributed by atoms with E-state index in [0.717, 1.165) is 18.5 Å². The number of piperidine rings is 1. The van der Waals surface area contributed by atoms with Gasteiger partial charge < -0.3 is 5.73 Å². The molecular formula is C14H28N2. The Bertz CT molecular complexity index is 205. The molecule has 2 rings (SSSR count). The smallest absolute Gasteiger partial charge is 0.0167 e. The first-order chi connectivity index (χ1) is 7.81. The highest BCUT2D eigenvalue weighted by Gasteiger charge is 2.35. The molecule has 1 aliphatic carbocycles. The van der Waals surface area contributed by atoms with Crippen LogP contribution in [0.15, 0.2) is 0 Å². The van der Waals surface area contributed by atoms with Gasteiger partial charge in [0.2, 0.25) is 0 Å². The maximum absolute atomic E-state index is 6.23. The Labute approximate surface area is 101 Å². The van der Waals surface area contributed by atoms with Crippen LogP contribution in [-0.2, 0) is 0 Å². The molecule has 1 saturated heterocycles. The third kappa shape index (κ3) is 2.98. The molecule has 0 aromatic carbocycles. The SMILES string of the molecule is CCCCC(N)CN1CCCC2CCCC21. The molecule has 2 aliphatic rings. The summed E-state index contributed by atoms with van der Waals surface area (Å²) in [6.45, 7) is 4.71. The molecule has 0 spiro atoms. The topological polar surface area (TPSA) is 29.3 Å². The fourth-order valence-electron chi connectivity index (χ4n) is 3.64. The molecular weight excluding hydrogens is 196 g/mol. The number of nitrogens with zero attached hydrogens (tertiary/aromatic N) is 1. The zero-order valence-electron chi connectivity index (χ0n) is 10.8. The normalized spacial score (nSPS) is 32.6. The highest BCUT2D eigenvalue weighted by molar-refractivity contribution is 4.90. The number of fused-ring (bicyclic) bond motifs is 1. The Balaban J connectivity index is 1.79. The molecule has 0 aromatic heterocycles. The molecule has 2 nitrogen and oxygen atoms in total. The van der Waals surface area contributed by atoms with E-state index in [4.69, 9.17) is 5.73 Å². The number of rotatable bonds is 5. The quantitative estimate of drug-likeness (QED) is 0.778. The Morgan fingerprint density at radius 2 is 2.06 bits per heavy atom. The van der Waals surface area contributed by atoms with E-state index in [9.17, 15) is 0 Å². The van der Waals surface area contributed by atoms with Crippen molar-refractivity contribution in [2.24, 2.45) is 11.7 Å². The molecule has 0 aromatic rings. The van der Waals surface area contributed by atoms with E-state index in [1.54, 1.807) is 0 Å². The fraction of sp³-hybridized carbons (Fsp3) is 1.00. The van der Waals surface area contributed by atoms with Crippen LogP contribution in [0.1, 0.15) is 58.3 Å². The Hall–Kier alpha value is -0.0800. The van der Waals surface area contributed by atoms with Crippen LogP contribution in [0, 0.1) is 5.92 Å². The first-order valence-electron chi connectivity index (χ1n) is 7.31. The number of nitrogens with two attached hydrogens (primary N) is 1. The van der Waals surface area contributed by atoms with Crippen LogP contribution in [0.5, 0.6) is 0 Å². The molecule has 16 heavy (non-hydrogen) atoms. The molecule has 0 radical (unpaired) electrons. The average Bonchev–Trinajstić information content (AvgIpc) is 2.75. The van der Waals surface area contributed by atoms with Crippen molar-refractivity contribution >= 4 is 0 Å². The predicted molar refractivity (Wildman–Crippen MR) is 69.4 cm³/mol. The number of unbranched alkanes of at least 4 members (excludes halogenated alkanes) is 1. The molecule has 1 aliphatic heterocycles. The van der Waals surface area contributed by atoms with Crippen molar-refractivity contribution in [2.45, 2.75) is 70.4 Å². The third-order valence-electron chi connectivity index (χ3n) is 4.51. The maximum atomic E-state index is 6.23. The van der Waals surface area contributed by atoms with Gasteiger partial charge in [0.1, 0.15) is 0 Å². The van der Waals surface area contributed by atoms with Crippen molar-refractivity contribution in [3.05, 3.63) is 0 Å². The second-order valence-electron chi connectivity index (χ2n) is 5.80. The van der Waals surface area contributed by atoms with Crippen molar-refractivity contribution in [2.75, 3.05) is 13.1 Å². The lowest BCUT2D eigenvalue weighted by molar-refractivity contribution is 0.105. The lowest BCUT2D eigenvalue weighted by Crippen LogP contribution is -2.48. The summed E-state index contributed by atoms with van der Waals surface area (Å²) in [7, 11) is 0. The summed E-state index contributed by atoms with van der Waals surface area (Å²) in [6, 6.07) is 1.31. The Kier molecular flexibility index (Phi) is 4.66. The van der Waals surface area contributed by atoms with Crippen LogP contribution in [0.4, 0.5) is 0 Å². The Morgan fingerprint density at radius 1 is 1.25 bits per heavy atom. The summed E-state index contributed by atoms with van der Waals surface area (Å²) >= 11 is 0. The minimum atomic E-state index is 0.416. The van der Waals surface area contributed by atoms with Crippen molar-refractivity contribution in [1.29, 1.82) is 0 Å². The minimum absolute atomic E-state index is 0.416. The molecule has 1 saturated carbocycles. The maximum Gasteiger partial charge on any atom is 0.0167 e. The van der Waals surface area contributed by atoms with E-state index >= 15 is 0 Å². The average molecular weight is 224 g/mol. The summed E-state index contributed by atoms with van der Waals surface area (Å²) in [5.74, 6) is 1.01. The lowest BCUT2D eigenvalue weighted by Gasteiger charge is -2.39. The van der Waals surface area contributed by atoms with Crippen LogP contribution in [-0.4, -0.2) is 30.1 Å². The predicted octanol–water partition coefficient (Wildman–Crippen LogP) is 2.77. The number of hydrogen-bond donors (Lipinski definition) is 1. The molecule has 2 heteroatoms. The van der Waals surface area contributed by atoms with Crippen LogP contribution in [0.2, 0.25) is 0 Å². The summed E-state index contributed by atoms with van der Waals surface area (Å²) in [6.07, 6.45) is 11.0. The van der Waals surface area contributed by atoms with Gasteiger partial charge in [-0.1, -0.05) is 26.2 Å². The van der Waals surface area contributed by atoms with E-state index in [0.29, 0.717) is 6.04 Å². The van der Waals surface area contributed by atoms with Gasteiger partial charge in [-0.2, -0.15) is 0 Å². The van der Waals surface area contributed by atoms with Crippen molar-refractivity contribution in [1.82, 2.24) is 4.90 Å². The van der Waals surface area contributed by atoms with E-state index in [2.05, 4.69) is 11.8 Å². The molecule has 94 valence electrons. The van der Waals surface area contributed by atoms with Crippen LogP contribution in [0.25, 0.3) is 0 Å². The highest BCUT2D eigenvalue weighted by atomic mass is 15.2. The molecule has 2 N–H and O–H groups in total. The monoisotopic (exact) mass is 224 g/mol. The standard InChI is InChI=1S/C14H28N2/c1-2-3-8-13(15)11-16-10-5-7-12-6-4-9-14(12)16/h12-14H,2-11,15H2,1H3. The van der Waals surface area contributed by atoms with Crippen LogP contribution < -0.4 is 5.73 Å². The van der Waals surface area contributed by atoms with Gasteiger partial charge in [-0.3, -0.25) is 4.90 Å². The third-order valence-corrected chi connectivity index (χ3v) is 4.51. The minimum Gasteiger partial charge on any atom is -0.327 e. The van der Waals surface area contributed by atoms with Gasteiger partial charge >= 0.3 is 0 Å². The van der Waals surface area contributed by atoms with Crippen LogP contribution >= 0.6 is 0 Å². The highest BCUT2D eigenvalue weighted by Crippen LogP contribution is 2.36. The van der Waals surface area contributed by atoms with Gasteiger partial charge in [-0.05, 0) is 44.6 Å². The summed E-state index contributed by atoms with van der Waals surface area (Å²) < 4.78 is 0. The number of hydrogen-bond acceptors (Lipinski definition) is 2. The molecule has 2 fully saturated rings. The van der Waals surface area contributed by atoms with Gasteiger partial charge in [-0.25, -0.2) is 0 Å². The van der Waals surface area contributed by atoms with E-state index < -0.39 is 0 Å². The summed E-state index contributed by atoms with van der Waals surface area (Å²) in [5, 5.41) is 0. The Morgan fingerprint density at radius 3 is 2.88 bits per heavy atom. The molecule has 3 atom stereocenters. The zero-order chi connectivity index (χ0) is 11.4. The van der Waals surface area contributed by atoms with E-state index in [1.165, 1.54) is 57.9 Å². The molecule has 3 unspecified atom stereocenters. The van der Waals surface area contributed by atoms with Crippen molar-refractivity contribution in [3.8, 4) is 0 Å². The number of likely N-dealkylation sites (tertiary alicyclic amines) is 1. The fourth-order valence-corrected chi connectivity index (χ4v) is 3.64. The zero-order valence-corrected chi connectivity index (χ0v) is 10.8. The van der Waals surface area contributed by atoms with E-state index in [1.807, 2.05) is 0 Å². The first-order valence-corrected chi connectivity index (χ1v) is 7.31. The van der Waals surface area contributed by atoms with Gasteiger partial charge in [0.15, 0.2) is 0 Å². The van der Waals surface area contributed by atoms with Gasteiger partial charge in [0.25, 0.3) is 0 Å². The molecule has 0 bridgehead atoms. The van der Waals surface area contributed by atoms with E-state index in [-0.39, 0.29) is 0 Å². The molecule has 0 amide bonds. The van der Waals surface area contributed by atoms with Gasteiger partial charge in [0, 0.05) is 18.6 Å².